The SMILES string of the molecule is CCP(=O)(ONc1nccc(C)c1C)Oc1cc(C)c(O)c(OC)c1. The van der Waals surface area contributed by atoms with Crippen molar-refractivity contribution in [3.63, 3.8) is 0 Å². The van der Waals surface area contributed by atoms with Crippen LogP contribution in [0, 0.1) is 20.8 Å². The van der Waals surface area contributed by atoms with E-state index in [1.165, 1.54) is 13.2 Å². The lowest BCUT2D eigenvalue weighted by Gasteiger charge is -2.19. The minimum Gasteiger partial charge on any atom is -0.504 e. The molecule has 1 heterocycles. The first-order valence-corrected chi connectivity index (χ1v) is 9.55. The van der Waals surface area contributed by atoms with Crippen LogP contribution in [0.15, 0.2) is 24.4 Å². The molecule has 0 radical (unpaired) electrons. The Morgan fingerprint density at radius 2 is 1.96 bits per heavy atom. The number of hydrogen-bond donors (Lipinski definition) is 2. The highest BCUT2D eigenvalue weighted by atomic mass is 31.2. The van der Waals surface area contributed by atoms with Gasteiger partial charge in [0.05, 0.1) is 13.3 Å². The van der Waals surface area contributed by atoms with Crippen LogP contribution in [0.25, 0.3) is 0 Å². The van der Waals surface area contributed by atoms with Crippen molar-refractivity contribution in [2.45, 2.75) is 27.7 Å². The van der Waals surface area contributed by atoms with Crippen LogP contribution in [0.5, 0.6) is 17.2 Å². The number of phenols is 1. The molecule has 0 amide bonds. The van der Waals surface area contributed by atoms with E-state index >= 15 is 0 Å². The monoisotopic (exact) mass is 366 g/mol. The van der Waals surface area contributed by atoms with Gasteiger partial charge in [-0.3, -0.25) is 0 Å². The van der Waals surface area contributed by atoms with Crippen molar-refractivity contribution in [2.75, 3.05) is 18.8 Å². The summed E-state index contributed by atoms with van der Waals surface area (Å²) in [6.45, 7) is 7.23. The van der Waals surface area contributed by atoms with E-state index in [9.17, 15) is 9.67 Å². The maximum atomic E-state index is 12.9. The van der Waals surface area contributed by atoms with Crippen LogP contribution < -0.4 is 14.7 Å². The van der Waals surface area contributed by atoms with E-state index in [0.717, 1.165) is 11.1 Å². The average molecular weight is 366 g/mol. The molecule has 8 heteroatoms. The highest BCUT2D eigenvalue weighted by Crippen LogP contribution is 2.49. The van der Waals surface area contributed by atoms with Gasteiger partial charge in [-0.1, -0.05) is 6.92 Å². The van der Waals surface area contributed by atoms with Gasteiger partial charge in [0.15, 0.2) is 17.3 Å². The molecular weight excluding hydrogens is 343 g/mol. The summed E-state index contributed by atoms with van der Waals surface area (Å²) >= 11 is 0. The first kappa shape index (κ1) is 19.1. The Bertz CT molecular complexity index is 810. The van der Waals surface area contributed by atoms with Gasteiger partial charge in [-0.2, -0.15) is 4.62 Å². The van der Waals surface area contributed by atoms with Crippen molar-refractivity contribution in [3.05, 3.63) is 41.1 Å². The smallest absolute Gasteiger partial charge is 0.400 e. The summed E-state index contributed by atoms with van der Waals surface area (Å²) in [5, 5.41) is 9.88. The van der Waals surface area contributed by atoms with Crippen LogP contribution in [0.2, 0.25) is 0 Å². The third-order valence-electron chi connectivity index (χ3n) is 3.85. The summed E-state index contributed by atoms with van der Waals surface area (Å²) in [5.41, 5.74) is 5.11. The molecule has 2 aromatic rings. The number of nitrogens with one attached hydrogen (secondary N) is 1. The number of hydrogen-bond acceptors (Lipinski definition) is 7. The number of pyridine rings is 1. The number of ether oxygens (including phenoxy) is 1. The molecule has 0 saturated heterocycles. The molecular formula is C17H23N2O5P. The molecule has 0 aliphatic heterocycles. The molecule has 0 fully saturated rings. The molecule has 7 nitrogen and oxygen atoms in total. The minimum absolute atomic E-state index is 0.0137. The van der Waals surface area contributed by atoms with Gasteiger partial charge in [0.2, 0.25) is 0 Å². The average Bonchev–Trinajstić information content (AvgIpc) is 2.59. The summed E-state index contributed by atoms with van der Waals surface area (Å²) < 4.78 is 28.9. The molecule has 1 unspecified atom stereocenters. The molecule has 0 aliphatic carbocycles. The third kappa shape index (κ3) is 4.44. The number of anilines is 1. The van der Waals surface area contributed by atoms with E-state index in [-0.39, 0.29) is 23.4 Å². The fraction of sp³-hybridized carbons (Fsp3) is 0.353. The standard InChI is InChI=1S/C17H23N2O5P/c1-6-25(21,24-19-17-13(4)11(2)7-8-18-17)23-14-9-12(3)16(20)15(10-14)22-5/h7-10,20H,6H2,1-5H3,(H,18,19). The fourth-order valence-corrected chi connectivity index (χ4v) is 3.03. The van der Waals surface area contributed by atoms with Crippen LogP contribution >= 0.6 is 7.60 Å². The highest BCUT2D eigenvalue weighted by Gasteiger charge is 2.26. The van der Waals surface area contributed by atoms with E-state index in [2.05, 4.69) is 10.5 Å². The molecule has 0 bridgehead atoms. The second-order valence-corrected chi connectivity index (χ2v) is 7.82. The summed E-state index contributed by atoms with van der Waals surface area (Å²) in [7, 11) is -2.04. The van der Waals surface area contributed by atoms with Crippen LogP contribution in [0.4, 0.5) is 5.82 Å². The second-order valence-electron chi connectivity index (χ2n) is 5.60. The lowest BCUT2D eigenvalue weighted by molar-refractivity contribution is 0.315. The topological polar surface area (TPSA) is 89.9 Å². The van der Waals surface area contributed by atoms with Gasteiger partial charge in [-0.25, -0.2) is 15.0 Å². The lowest BCUT2D eigenvalue weighted by atomic mass is 10.2. The van der Waals surface area contributed by atoms with Crippen molar-refractivity contribution in [1.29, 1.82) is 0 Å². The number of methoxy groups -OCH3 is 1. The predicted molar refractivity (Wildman–Crippen MR) is 96.6 cm³/mol. The van der Waals surface area contributed by atoms with Gasteiger partial charge in [0, 0.05) is 12.3 Å². The van der Waals surface area contributed by atoms with Crippen molar-refractivity contribution >= 4 is 13.4 Å². The maximum Gasteiger partial charge on any atom is 0.400 e. The molecule has 1 aromatic heterocycles. The van der Waals surface area contributed by atoms with E-state index in [1.807, 2.05) is 19.9 Å². The van der Waals surface area contributed by atoms with E-state index in [1.54, 1.807) is 26.1 Å². The molecule has 1 atom stereocenters. The Morgan fingerprint density at radius 3 is 2.60 bits per heavy atom. The number of aromatic hydroxyl groups is 1. The number of rotatable bonds is 7. The zero-order valence-corrected chi connectivity index (χ0v) is 15.9. The van der Waals surface area contributed by atoms with Crippen molar-refractivity contribution in [3.8, 4) is 17.2 Å². The summed E-state index contributed by atoms with van der Waals surface area (Å²) in [4.78, 5) is 4.17. The molecule has 1 aromatic carbocycles. The molecule has 0 spiro atoms. The molecule has 0 aliphatic rings. The highest BCUT2D eigenvalue weighted by molar-refractivity contribution is 7.54. The first-order chi connectivity index (χ1) is 11.8. The Hall–Kier alpha value is -2.24. The summed E-state index contributed by atoms with van der Waals surface area (Å²) in [6.07, 6.45) is 1.78. The van der Waals surface area contributed by atoms with Gasteiger partial charge in [-0.05, 0) is 49.6 Å². The van der Waals surface area contributed by atoms with Crippen LogP contribution in [-0.4, -0.2) is 23.4 Å². The number of phenolic OH excluding ortho intramolecular Hbond substituents is 1. The number of aryl methyl sites for hydroxylation is 2. The molecule has 2 N–H and O–H groups in total. The van der Waals surface area contributed by atoms with E-state index in [4.69, 9.17) is 13.9 Å². The van der Waals surface area contributed by atoms with Gasteiger partial charge in [0.1, 0.15) is 5.75 Å². The van der Waals surface area contributed by atoms with Gasteiger partial charge >= 0.3 is 7.60 Å². The van der Waals surface area contributed by atoms with Crippen LogP contribution in [0.3, 0.4) is 0 Å². The van der Waals surface area contributed by atoms with E-state index < -0.39 is 7.60 Å². The zero-order valence-electron chi connectivity index (χ0n) is 15.0. The van der Waals surface area contributed by atoms with Gasteiger partial charge in [0.25, 0.3) is 0 Å². The normalized spacial score (nSPS) is 13.2. The Balaban J connectivity index is 2.19. The quantitative estimate of drug-likeness (QED) is 0.556. The Kier molecular flexibility index (Phi) is 5.93. The summed E-state index contributed by atoms with van der Waals surface area (Å²) in [6, 6.07) is 4.91. The number of benzene rings is 1. The van der Waals surface area contributed by atoms with Crippen molar-refractivity contribution in [1.82, 2.24) is 4.98 Å². The zero-order chi connectivity index (χ0) is 18.6. The van der Waals surface area contributed by atoms with Crippen LogP contribution in [0.1, 0.15) is 23.6 Å². The van der Waals surface area contributed by atoms with Gasteiger partial charge < -0.3 is 14.4 Å². The second kappa shape index (κ2) is 7.76. The lowest BCUT2D eigenvalue weighted by Crippen LogP contribution is -2.08. The minimum atomic E-state index is -3.48. The summed E-state index contributed by atoms with van der Waals surface area (Å²) in [5.74, 6) is 1.02. The van der Waals surface area contributed by atoms with Crippen molar-refractivity contribution < 1.29 is 23.6 Å². The van der Waals surface area contributed by atoms with Gasteiger partial charge in [-0.15, -0.1) is 0 Å². The largest absolute Gasteiger partial charge is 0.504 e. The Morgan fingerprint density at radius 1 is 1.24 bits per heavy atom. The molecule has 25 heavy (non-hydrogen) atoms. The number of nitrogens with zero attached hydrogens (tertiary/aromatic N) is 1. The Labute approximate surface area is 147 Å². The first-order valence-electron chi connectivity index (χ1n) is 7.82. The molecule has 2 rings (SSSR count). The predicted octanol–water partition coefficient (Wildman–Crippen LogP) is 4.36. The third-order valence-corrected chi connectivity index (χ3v) is 5.48. The van der Waals surface area contributed by atoms with E-state index in [0.29, 0.717) is 11.4 Å². The molecule has 0 saturated carbocycles. The fourth-order valence-electron chi connectivity index (χ4n) is 2.08. The number of aromatic nitrogens is 1. The molecule has 136 valence electrons. The van der Waals surface area contributed by atoms with Crippen molar-refractivity contribution in [2.24, 2.45) is 0 Å². The maximum absolute atomic E-state index is 12.9. The van der Waals surface area contributed by atoms with Crippen LogP contribution in [-0.2, 0) is 9.19 Å².